The van der Waals surface area contributed by atoms with Crippen molar-refractivity contribution in [3.63, 3.8) is 0 Å². The Morgan fingerprint density at radius 3 is 1.56 bits per heavy atom. The van der Waals surface area contributed by atoms with Crippen LogP contribution in [-0.4, -0.2) is 9.55 Å². The zero-order chi connectivity index (χ0) is 18.5. The van der Waals surface area contributed by atoms with E-state index < -0.39 is 5.54 Å². The molecule has 0 bridgehead atoms. The average Bonchev–Trinajstić information content (AvgIpc) is 3.20. The van der Waals surface area contributed by atoms with Crippen molar-refractivity contribution in [3.8, 4) is 0 Å². The quantitative estimate of drug-likeness (QED) is 0.419. The maximum atomic E-state index is 4.62. The minimum Gasteiger partial charge on any atom is -0.318 e. The van der Waals surface area contributed by atoms with Crippen molar-refractivity contribution in [3.05, 3.63) is 132 Å². The molecule has 0 aliphatic rings. The summed E-state index contributed by atoms with van der Waals surface area (Å²) in [7, 11) is 0. The van der Waals surface area contributed by atoms with Crippen LogP contribution in [0.5, 0.6) is 0 Å². The highest BCUT2D eigenvalue weighted by molar-refractivity contribution is 5.52. The van der Waals surface area contributed by atoms with E-state index in [9.17, 15) is 0 Å². The third-order valence-electron chi connectivity index (χ3n) is 4.90. The standard InChI is InChI=1S/C25H22N2/c1-2-12-24-19-27(20-26-24)25(21-13-6-3-7-14-21,22-15-8-4-9-16-22)23-17-10-5-11-18-23/h2-20H,1H3/b12-2-. The summed E-state index contributed by atoms with van der Waals surface area (Å²) >= 11 is 0. The summed E-state index contributed by atoms with van der Waals surface area (Å²) in [5.74, 6) is 0. The Morgan fingerprint density at radius 2 is 1.15 bits per heavy atom. The van der Waals surface area contributed by atoms with Gasteiger partial charge in [0.05, 0.1) is 12.0 Å². The van der Waals surface area contributed by atoms with Gasteiger partial charge in [0, 0.05) is 6.20 Å². The van der Waals surface area contributed by atoms with E-state index in [1.165, 1.54) is 16.7 Å². The normalized spacial score (nSPS) is 11.7. The molecule has 27 heavy (non-hydrogen) atoms. The Kier molecular flexibility index (Phi) is 4.71. The Bertz CT molecular complexity index is 919. The van der Waals surface area contributed by atoms with Gasteiger partial charge in [0.15, 0.2) is 0 Å². The first-order valence-electron chi connectivity index (χ1n) is 9.19. The second kappa shape index (κ2) is 7.46. The van der Waals surface area contributed by atoms with Crippen molar-refractivity contribution < 1.29 is 0 Å². The number of rotatable bonds is 5. The van der Waals surface area contributed by atoms with Crippen LogP contribution in [0.1, 0.15) is 29.3 Å². The van der Waals surface area contributed by atoms with E-state index in [4.69, 9.17) is 0 Å². The van der Waals surface area contributed by atoms with E-state index in [1.807, 2.05) is 25.4 Å². The van der Waals surface area contributed by atoms with Gasteiger partial charge in [-0.05, 0) is 29.7 Å². The van der Waals surface area contributed by atoms with Gasteiger partial charge in [0.25, 0.3) is 0 Å². The minimum atomic E-state index is -0.489. The summed E-state index contributed by atoms with van der Waals surface area (Å²) in [5.41, 5.74) is 4.06. The van der Waals surface area contributed by atoms with Crippen molar-refractivity contribution >= 4 is 6.08 Å². The van der Waals surface area contributed by atoms with Crippen LogP contribution in [0.2, 0.25) is 0 Å². The zero-order valence-corrected chi connectivity index (χ0v) is 15.4. The molecule has 0 N–H and O–H groups in total. The Hall–Kier alpha value is -3.39. The van der Waals surface area contributed by atoms with Gasteiger partial charge in [-0.3, -0.25) is 0 Å². The largest absolute Gasteiger partial charge is 0.318 e. The lowest BCUT2D eigenvalue weighted by Gasteiger charge is -2.37. The molecular weight excluding hydrogens is 328 g/mol. The summed E-state index contributed by atoms with van der Waals surface area (Å²) < 4.78 is 2.22. The molecule has 0 aliphatic heterocycles. The highest BCUT2D eigenvalue weighted by atomic mass is 15.1. The summed E-state index contributed by atoms with van der Waals surface area (Å²) in [4.78, 5) is 4.62. The molecule has 4 rings (SSSR count). The maximum absolute atomic E-state index is 4.62. The van der Waals surface area contributed by atoms with Crippen LogP contribution in [0.4, 0.5) is 0 Å². The fraction of sp³-hybridized carbons (Fsp3) is 0.0800. The number of benzene rings is 3. The molecule has 4 aromatic rings. The molecule has 0 radical (unpaired) electrons. The number of hydrogen-bond acceptors (Lipinski definition) is 1. The molecular formula is C25H22N2. The number of aromatic nitrogens is 2. The highest BCUT2D eigenvalue weighted by Crippen LogP contribution is 2.40. The number of allylic oxidation sites excluding steroid dienone is 1. The Morgan fingerprint density at radius 1 is 0.704 bits per heavy atom. The fourth-order valence-electron chi connectivity index (χ4n) is 3.76. The van der Waals surface area contributed by atoms with Gasteiger partial charge in [-0.1, -0.05) is 97.1 Å². The third-order valence-corrected chi connectivity index (χ3v) is 4.90. The first kappa shape index (κ1) is 17.0. The van der Waals surface area contributed by atoms with Gasteiger partial charge in [0.1, 0.15) is 5.54 Å². The predicted octanol–water partition coefficient (Wildman–Crippen LogP) is 5.76. The van der Waals surface area contributed by atoms with Crippen LogP contribution in [0.15, 0.2) is 110 Å². The Balaban J connectivity index is 2.09. The van der Waals surface area contributed by atoms with E-state index in [1.54, 1.807) is 0 Å². The van der Waals surface area contributed by atoms with E-state index >= 15 is 0 Å². The number of imidazole rings is 1. The molecule has 0 atom stereocenters. The van der Waals surface area contributed by atoms with Crippen LogP contribution in [0.25, 0.3) is 6.08 Å². The van der Waals surface area contributed by atoms with Gasteiger partial charge < -0.3 is 4.57 Å². The van der Waals surface area contributed by atoms with Crippen molar-refractivity contribution in [2.75, 3.05) is 0 Å². The molecule has 2 heteroatoms. The molecule has 3 aromatic carbocycles. The van der Waals surface area contributed by atoms with Gasteiger partial charge >= 0.3 is 0 Å². The molecule has 0 aliphatic carbocycles. The molecule has 0 fully saturated rings. The van der Waals surface area contributed by atoms with Crippen molar-refractivity contribution in [1.82, 2.24) is 9.55 Å². The van der Waals surface area contributed by atoms with Gasteiger partial charge in [-0.25, -0.2) is 4.98 Å². The summed E-state index contributed by atoms with van der Waals surface area (Å²) in [6, 6.07) is 31.9. The molecule has 0 spiro atoms. The minimum absolute atomic E-state index is 0.489. The van der Waals surface area contributed by atoms with Crippen molar-refractivity contribution in [2.45, 2.75) is 12.5 Å². The number of nitrogens with zero attached hydrogens (tertiary/aromatic N) is 2. The topological polar surface area (TPSA) is 17.8 Å². The monoisotopic (exact) mass is 350 g/mol. The summed E-state index contributed by atoms with van der Waals surface area (Å²) in [5, 5.41) is 0. The smallest absolute Gasteiger partial charge is 0.121 e. The van der Waals surface area contributed by atoms with Gasteiger partial charge in [-0.2, -0.15) is 0 Å². The molecule has 1 heterocycles. The lowest BCUT2D eigenvalue weighted by atomic mass is 9.77. The molecule has 0 unspecified atom stereocenters. The van der Waals surface area contributed by atoms with Crippen LogP contribution >= 0.6 is 0 Å². The van der Waals surface area contributed by atoms with E-state index in [0.717, 1.165) is 5.69 Å². The first-order chi connectivity index (χ1) is 13.4. The second-order valence-corrected chi connectivity index (χ2v) is 6.51. The van der Waals surface area contributed by atoms with Crippen LogP contribution in [-0.2, 0) is 5.54 Å². The molecule has 2 nitrogen and oxygen atoms in total. The molecule has 0 amide bonds. The molecule has 132 valence electrons. The molecule has 1 aromatic heterocycles. The molecule has 0 saturated carbocycles. The SMILES string of the molecule is C/C=C\c1cn(C(c2ccccc2)(c2ccccc2)c2ccccc2)cn1. The van der Waals surface area contributed by atoms with Crippen LogP contribution < -0.4 is 0 Å². The van der Waals surface area contributed by atoms with E-state index in [2.05, 4.69) is 107 Å². The lowest BCUT2D eigenvalue weighted by molar-refractivity contribution is 0.514. The summed E-state index contributed by atoms with van der Waals surface area (Å²) in [6.45, 7) is 2.01. The fourth-order valence-corrected chi connectivity index (χ4v) is 3.76. The summed E-state index contributed by atoms with van der Waals surface area (Å²) in [6.07, 6.45) is 8.10. The highest BCUT2D eigenvalue weighted by Gasteiger charge is 2.38. The van der Waals surface area contributed by atoms with Crippen LogP contribution in [0, 0.1) is 0 Å². The molecule has 0 saturated heterocycles. The third kappa shape index (κ3) is 3.00. The van der Waals surface area contributed by atoms with E-state index in [-0.39, 0.29) is 0 Å². The van der Waals surface area contributed by atoms with Crippen molar-refractivity contribution in [1.29, 1.82) is 0 Å². The number of hydrogen-bond donors (Lipinski definition) is 0. The predicted molar refractivity (Wildman–Crippen MR) is 112 cm³/mol. The maximum Gasteiger partial charge on any atom is 0.121 e. The van der Waals surface area contributed by atoms with Crippen LogP contribution in [0.3, 0.4) is 0 Å². The second-order valence-electron chi connectivity index (χ2n) is 6.51. The van der Waals surface area contributed by atoms with Gasteiger partial charge in [0.2, 0.25) is 0 Å². The first-order valence-corrected chi connectivity index (χ1v) is 9.19. The van der Waals surface area contributed by atoms with Crippen molar-refractivity contribution in [2.24, 2.45) is 0 Å². The van der Waals surface area contributed by atoms with E-state index in [0.29, 0.717) is 0 Å². The lowest BCUT2D eigenvalue weighted by Crippen LogP contribution is -2.36. The Labute approximate surface area is 160 Å². The van der Waals surface area contributed by atoms with Gasteiger partial charge in [-0.15, -0.1) is 0 Å². The average molecular weight is 350 g/mol. The zero-order valence-electron chi connectivity index (χ0n) is 15.4.